The van der Waals surface area contributed by atoms with Crippen LogP contribution in [0.5, 0.6) is 0 Å². The molecule has 0 aliphatic heterocycles. The van der Waals surface area contributed by atoms with Crippen molar-refractivity contribution in [2.45, 2.75) is 99.1 Å². The monoisotopic (exact) mass is 526 g/mol. The third-order valence-electron chi connectivity index (χ3n) is 6.74. The van der Waals surface area contributed by atoms with Gasteiger partial charge in [0.05, 0.1) is 36.6 Å². The van der Waals surface area contributed by atoms with Crippen LogP contribution in [0.3, 0.4) is 0 Å². The van der Waals surface area contributed by atoms with E-state index in [0.717, 1.165) is 0 Å². The van der Waals surface area contributed by atoms with Gasteiger partial charge < -0.3 is 28.4 Å². The van der Waals surface area contributed by atoms with Gasteiger partial charge in [-0.05, 0) is 0 Å². The van der Waals surface area contributed by atoms with E-state index in [-0.39, 0.29) is 46.3 Å². The largest absolute Gasteiger partial charge is 0.360 e. The van der Waals surface area contributed by atoms with Crippen LogP contribution in [0, 0.1) is 0 Å². The van der Waals surface area contributed by atoms with Crippen molar-refractivity contribution in [1.82, 2.24) is 0 Å². The third kappa shape index (κ3) is 17.1. The molecule has 0 aromatic heterocycles. The van der Waals surface area contributed by atoms with E-state index < -0.39 is 8.07 Å². The average Bonchev–Trinajstić information content (AvgIpc) is 2.81. The maximum atomic E-state index is 5.38. The Kier molecular flexibility index (Phi) is 22.5. The molecule has 0 saturated heterocycles. The Balaban J connectivity index is 4.36. The Hall–Kier alpha value is 0.628. The molecule has 0 aromatic rings. The van der Waals surface area contributed by atoms with Crippen molar-refractivity contribution in [3.05, 3.63) is 0 Å². The lowest BCUT2D eigenvalue weighted by molar-refractivity contribution is -0.0442. The van der Waals surface area contributed by atoms with Gasteiger partial charge in [-0.1, -0.05) is 81.3 Å². The highest BCUT2D eigenvalue weighted by Crippen LogP contribution is 2.29. The van der Waals surface area contributed by atoms with Gasteiger partial charge >= 0.3 is 0 Å². The minimum atomic E-state index is -1.17. The van der Waals surface area contributed by atoms with Crippen molar-refractivity contribution in [2.24, 2.45) is 0 Å². The second kappa shape index (κ2) is 22.1. The summed E-state index contributed by atoms with van der Waals surface area (Å²) >= 11 is 0. The molecule has 0 aliphatic rings. The normalized spacial score (nSPS) is 15.2. The number of unbranched alkanes of at least 4 members (excludes halogenated alkanes) is 3. The Labute approximate surface area is 206 Å². The van der Waals surface area contributed by atoms with Crippen molar-refractivity contribution in [1.29, 1.82) is 0 Å². The van der Waals surface area contributed by atoms with E-state index in [9.17, 15) is 0 Å². The lowest BCUT2D eigenvalue weighted by Crippen LogP contribution is -2.30. The summed E-state index contributed by atoms with van der Waals surface area (Å²) in [5.41, 5.74) is 0. The molecule has 0 aromatic carbocycles. The van der Waals surface area contributed by atoms with Crippen LogP contribution in [0.15, 0.2) is 0 Å². The molecule has 0 heterocycles. The summed E-state index contributed by atoms with van der Waals surface area (Å²) in [6.45, 7) is 2.67. The zero-order valence-electron chi connectivity index (χ0n) is 22.3. The first-order chi connectivity index (χ1) is 15.5. The van der Waals surface area contributed by atoms with Crippen LogP contribution in [-0.2, 0) is 28.4 Å². The number of rotatable bonds is 24. The van der Waals surface area contributed by atoms with Gasteiger partial charge in [0, 0.05) is 42.7 Å². The van der Waals surface area contributed by atoms with E-state index in [0.29, 0.717) is 0 Å². The third-order valence-corrected chi connectivity index (χ3v) is 17.6. The topological polar surface area (TPSA) is 55.4 Å². The van der Waals surface area contributed by atoms with E-state index in [1.165, 1.54) is 74.8 Å². The van der Waals surface area contributed by atoms with E-state index >= 15 is 0 Å². The van der Waals surface area contributed by atoms with Gasteiger partial charge in [0.1, 0.15) is 17.7 Å². The molecule has 0 amide bonds. The summed E-state index contributed by atoms with van der Waals surface area (Å²) in [5, 5.41) is 0. The molecule has 6 nitrogen and oxygen atoms in total. The first-order valence-electron chi connectivity index (χ1n) is 12.6. The van der Waals surface area contributed by atoms with E-state index in [1.54, 1.807) is 42.7 Å². The van der Waals surface area contributed by atoms with E-state index in [1.807, 2.05) is 0 Å². The van der Waals surface area contributed by atoms with Crippen LogP contribution >= 0.6 is 0 Å². The Morgan fingerprint density at radius 2 is 0.719 bits per heavy atom. The average molecular weight is 527 g/mol. The lowest BCUT2D eigenvalue weighted by atomic mass is 10.4. The smallest absolute Gasteiger partial charge is 0.134 e. The Bertz CT molecular complexity index is 342. The van der Waals surface area contributed by atoms with Gasteiger partial charge in [-0.2, -0.15) is 0 Å². The molecular weight excluding hydrogens is 473 g/mol. The fourth-order valence-corrected chi connectivity index (χ4v) is 12.9. The zero-order chi connectivity index (χ0) is 24.1. The number of ether oxygens (including phenoxy) is 6. The lowest BCUT2D eigenvalue weighted by Gasteiger charge is -2.28. The molecule has 0 bridgehead atoms. The highest BCUT2D eigenvalue weighted by molar-refractivity contribution is 6.78. The molecule has 194 valence electrons. The molecule has 0 atom stereocenters. The summed E-state index contributed by atoms with van der Waals surface area (Å²) in [6.07, 6.45) is 8.23. The van der Waals surface area contributed by atoms with Crippen LogP contribution in [0.2, 0.25) is 42.8 Å². The molecule has 32 heavy (non-hydrogen) atoms. The molecule has 0 spiro atoms. The highest BCUT2D eigenvalue weighted by atomic mass is 28.3. The maximum absolute atomic E-state index is 5.38. The van der Waals surface area contributed by atoms with Gasteiger partial charge in [-0.3, -0.25) is 0 Å². The molecular formula is C22H54O6Si4. The summed E-state index contributed by atoms with van der Waals surface area (Å²) in [7, 11) is 8.58. The summed E-state index contributed by atoms with van der Waals surface area (Å²) in [4.78, 5) is 0. The fraction of sp³-hybridized carbons (Fsp3) is 1.00. The van der Waals surface area contributed by atoms with Crippen molar-refractivity contribution >= 4 is 36.6 Å². The first kappa shape index (κ1) is 32.6. The molecule has 0 saturated carbocycles. The summed E-state index contributed by atoms with van der Waals surface area (Å²) in [6, 6.07) is 8.45. The molecule has 0 unspecified atom stereocenters. The Morgan fingerprint density at radius 1 is 0.469 bits per heavy atom. The van der Waals surface area contributed by atoms with Gasteiger partial charge in [0.2, 0.25) is 0 Å². The van der Waals surface area contributed by atoms with Gasteiger partial charge in [-0.25, -0.2) is 0 Å². The summed E-state index contributed by atoms with van der Waals surface area (Å²) < 4.78 is 32.3. The molecule has 0 radical (unpaired) electrons. The number of hydrogen-bond acceptors (Lipinski definition) is 6. The van der Waals surface area contributed by atoms with Crippen LogP contribution in [0.1, 0.15) is 38.5 Å². The van der Waals surface area contributed by atoms with Gasteiger partial charge in [0.15, 0.2) is 0 Å². The quantitative estimate of drug-likeness (QED) is 0.110. The fourth-order valence-electron chi connectivity index (χ4n) is 4.49. The SMILES string of the molecule is COC(OC)[SiH2]CCCC[Si](C)(CCCC[SiH2]C(OC)OC)CCCC[SiH2]C(OC)OC. The van der Waals surface area contributed by atoms with E-state index in [2.05, 4.69) is 6.55 Å². The summed E-state index contributed by atoms with van der Waals surface area (Å²) in [5.74, 6) is 0.286. The standard InChI is InChI=1S/C22H54O6Si4/c1-23-20(24-2)29-14-8-11-17-32(7,18-12-9-15-30-21(25-3)26-4)19-13-10-16-31-22(27-5)28-6/h20-22H,8-19,29-31H2,1-7H3. The Morgan fingerprint density at radius 3 is 0.938 bits per heavy atom. The van der Waals surface area contributed by atoms with Crippen LogP contribution in [0.4, 0.5) is 0 Å². The number of methoxy groups -OCH3 is 6. The predicted octanol–water partition coefficient (Wildman–Crippen LogP) is 2.90. The van der Waals surface area contributed by atoms with Crippen LogP contribution in [-0.4, -0.2) is 97.0 Å². The van der Waals surface area contributed by atoms with Gasteiger partial charge in [0.25, 0.3) is 0 Å². The number of hydrogen-bond donors (Lipinski definition) is 0. The zero-order valence-corrected chi connectivity index (χ0v) is 27.5. The van der Waals surface area contributed by atoms with Crippen molar-refractivity contribution in [3.8, 4) is 0 Å². The predicted molar refractivity (Wildman–Crippen MR) is 147 cm³/mol. The van der Waals surface area contributed by atoms with E-state index in [4.69, 9.17) is 28.4 Å². The van der Waals surface area contributed by atoms with Crippen molar-refractivity contribution in [3.63, 3.8) is 0 Å². The highest BCUT2D eigenvalue weighted by Gasteiger charge is 2.25. The van der Waals surface area contributed by atoms with Crippen molar-refractivity contribution < 1.29 is 28.4 Å². The molecule has 10 heteroatoms. The van der Waals surface area contributed by atoms with Gasteiger partial charge in [-0.15, -0.1) is 0 Å². The maximum Gasteiger partial charge on any atom is 0.134 e. The van der Waals surface area contributed by atoms with Crippen LogP contribution < -0.4 is 0 Å². The first-order valence-corrected chi connectivity index (χ1v) is 21.2. The van der Waals surface area contributed by atoms with Crippen molar-refractivity contribution in [2.75, 3.05) is 42.7 Å². The molecule has 0 aliphatic carbocycles. The second-order valence-corrected chi connectivity index (χ2v) is 20.3. The molecule has 0 rings (SSSR count). The minimum absolute atomic E-state index is 0.0954. The second-order valence-electron chi connectivity index (χ2n) is 9.31. The molecule has 0 N–H and O–H groups in total. The van der Waals surface area contributed by atoms with Crippen LogP contribution in [0.25, 0.3) is 0 Å². The molecule has 0 fully saturated rings. The minimum Gasteiger partial charge on any atom is -0.360 e.